The van der Waals surface area contributed by atoms with Crippen LogP contribution in [-0.2, 0) is 12.7 Å². The number of aromatic nitrogens is 2. The van der Waals surface area contributed by atoms with E-state index < -0.39 is 11.9 Å². The number of rotatable bonds is 4. The van der Waals surface area contributed by atoms with Crippen LogP contribution in [0.5, 0.6) is 0 Å². The first-order valence-corrected chi connectivity index (χ1v) is 6.73. The van der Waals surface area contributed by atoms with Gasteiger partial charge in [0.2, 0.25) is 0 Å². The predicted octanol–water partition coefficient (Wildman–Crippen LogP) is 3.70. The van der Waals surface area contributed by atoms with Crippen molar-refractivity contribution < 1.29 is 13.2 Å². The maximum atomic E-state index is 12.6. The Labute approximate surface area is 121 Å². The highest BCUT2D eigenvalue weighted by Gasteiger charge is 2.33. The minimum Gasteiger partial charge on any atom is -0.310 e. The second kappa shape index (κ2) is 5.89. The van der Waals surface area contributed by atoms with Crippen LogP contribution in [0.1, 0.15) is 30.7 Å². The van der Waals surface area contributed by atoms with Gasteiger partial charge in [0.1, 0.15) is 0 Å². The van der Waals surface area contributed by atoms with Crippen LogP contribution in [-0.4, -0.2) is 15.8 Å². The van der Waals surface area contributed by atoms with Gasteiger partial charge >= 0.3 is 6.18 Å². The molecule has 0 unspecified atom stereocenters. The Morgan fingerprint density at radius 1 is 1.24 bits per heavy atom. The first-order chi connectivity index (χ1) is 9.77. The first kappa shape index (κ1) is 15.6. The van der Waals surface area contributed by atoms with E-state index in [9.17, 15) is 13.2 Å². The number of alkyl halides is 3. The van der Waals surface area contributed by atoms with Crippen molar-refractivity contribution in [2.45, 2.75) is 39.5 Å². The summed E-state index contributed by atoms with van der Waals surface area (Å²) in [6.07, 6.45) is -3.08. The standard InChI is InChI=1S/C15H18F3N3/c1-10(2)19-9-12-8-11(3)4-5-13(12)21-7-6-14(20-21)15(16,17)18/h4-8,10,19H,9H2,1-3H3. The molecule has 1 heterocycles. The first-order valence-electron chi connectivity index (χ1n) is 6.73. The van der Waals surface area contributed by atoms with Gasteiger partial charge in [0.15, 0.2) is 5.69 Å². The molecule has 6 heteroatoms. The Morgan fingerprint density at radius 2 is 1.95 bits per heavy atom. The molecule has 114 valence electrons. The van der Waals surface area contributed by atoms with Gasteiger partial charge in [-0.05, 0) is 24.6 Å². The largest absolute Gasteiger partial charge is 0.435 e. The van der Waals surface area contributed by atoms with Gasteiger partial charge in [-0.3, -0.25) is 0 Å². The smallest absolute Gasteiger partial charge is 0.310 e. The van der Waals surface area contributed by atoms with Gasteiger partial charge < -0.3 is 5.32 Å². The molecule has 0 amide bonds. The van der Waals surface area contributed by atoms with Gasteiger partial charge in [-0.25, -0.2) is 4.68 Å². The van der Waals surface area contributed by atoms with Gasteiger partial charge in [0.25, 0.3) is 0 Å². The Kier molecular flexibility index (Phi) is 4.37. The van der Waals surface area contributed by atoms with Crippen LogP contribution in [0.3, 0.4) is 0 Å². The van der Waals surface area contributed by atoms with Crippen LogP contribution in [0.15, 0.2) is 30.5 Å². The maximum absolute atomic E-state index is 12.6. The van der Waals surface area contributed by atoms with Crippen molar-refractivity contribution in [2.75, 3.05) is 0 Å². The van der Waals surface area contributed by atoms with Crippen molar-refractivity contribution in [3.63, 3.8) is 0 Å². The molecule has 2 aromatic rings. The van der Waals surface area contributed by atoms with Gasteiger partial charge in [0.05, 0.1) is 5.69 Å². The molecule has 0 radical (unpaired) electrons. The van der Waals surface area contributed by atoms with Crippen LogP contribution >= 0.6 is 0 Å². The van der Waals surface area contributed by atoms with E-state index in [1.54, 1.807) is 6.07 Å². The summed E-state index contributed by atoms with van der Waals surface area (Å²) >= 11 is 0. The van der Waals surface area contributed by atoms with Crippen LogP contribution < -0.4 is 5.32 Å². The summed E-state index contributed by atoms with van der Waals surface area (Å²) < 4.78 is 39.2. The number of hydrogen-bond acceptors (Lipinski definition) is 2. The SMILES string of the molecule is Cc1ccc(-n2ccc(C(F)(F)F)n2)c(CNC(C)C)c1. The molecule has 0 aliphatic rings. The fraction of sp³-hybridized carbons (Fsp3) is 0.400. The lowest BCUT2D eigenvalue weighted by Crippen LogP contribution is -2.22. The van der Waals surface area contributed by atoms with E-state index >= 15 is 0 Å². The zero-order valence-corrected chi connectivity index (χ0v) is 12.2. The number of nitrogens with zero attached hydrogens (tertiary/aromatic N) is 2. The van der Waals surface area contributed by atoms with Gasteiger partial charge in [-0.2, -0.15) is 18.3 Å². The summed E-state index contributed by atoms with van der Waals surface area (Å²) in [5, 5.41) is 6.91. The molecule has 0 spiro atoms. The Balaban J connectivity index is 2.36. The third kappa shape index (κ3) is 3.85. The topological polar surface area (TPSA) is 29.9 Å². The highest BCUT2D eigenvalue weighted by Crippen LogP contribution is 2.28. The van der Waals surface area contributed by atoms with E-state index in [0.717, 1.165) is 17.2 Å². The molecule has 1 aromatic carbocycles. The predicted molar refractivity (Wildman–Crippen MR) is 75.3 cm³/mol. The second-order valence-electron chi connectivity index (χ2n) is 5.31. The van der Waals surface area contributed by atoms with E-state index in [2.05, 4.69) is 10.4 Å². The molecule has 0 aliphatic heterocycles. The van der Waals surface area contributed by atoms with Crippen LogP contribution in [0.25, 0.3) is 5.69 Å². The summed E-state index contributed by atoms with van der Waals surface area (Å²) in [5.41, 5.74) is 1.75. The average molecular weight is 297 g/mol. The summed E-state index contributed by atoms with van der Waals surface area (Å²) in [4.78, 5) is 0. The summed E-state index contributed by atoms with van der Waals surface area (Å²) in [6, 6.07) is 6.89. The molecule has 3 nitrogen and oxygen atoms in total. The Hall–Kier alpha value is -1.82. The normalized spacial score (nSPS) is 12.1. The molecular weight excluding hydrogens is 279 g/mol. The minimum absolute atomic E-state index is 0.293. The summed E-state index contributed by atoms with van der Waals surface area (Å²) in [6.45, 7) is 6.57. The lowest BCUT2D eigenvalue weighted by Gasteiger charge is -2.13. The zero-order valence-electron chi connectivity index (χ0n) is 12.2. The van der Waals surface area contributed by atoms with Crippen molar-refractivity contribution >= 4 is 0 Å². The van der Waals surface area contributed by atoms with E-state index in [0.29, 0.717) is 18.3 Å². The molecule has 0 saturated heterocycles. The van der Waals surface area contributed by atoms with Crippen molar-refractivity contribution in [2.24, 2.45) is 0 Å². The van der Waals surface area contributed by atoms with Crippen LogP contribution in [0, 0.1) is 6.92 Å². The van der Waals surface area contributed by atoms with Crippen LogP contribution in [0.4, 0.5) is 13.2 Å². The highest BCUT2D eigenvalue weighted by molar-refractivity contribution is 5.43. The molecule has 0 atom stereocenters. The minimum atomic E-state index is -4.42. The fourth-order valence-electron chi connectivity index (χ4n) is 2.00. The van der Waals surface area contributed by atoms with E-state index in [4.69, 9.17) is 0 Å². The van der Waals surface area contributed by atoms with Crippen molar-refractivity contribution in [3.8, 4) is 5.69 Å². The molecule has 2 rings (SSSR count). The number of benzene rings is 1. The molecule has 1 aromatic heterocycles. The number of nitrogens with one attached hydrogen (secondary N) is 1. The average Bonchev–Trinajstić information content (AvgIpc) is 2.85. The fourth-order valence-corrected chi connectivity index (χ4v) is 2.00. The highest BCUT2D eigenvalue weighted by atomic mass is 19.4. The third-order valence-corrected chi connectivity index (χ3v) is 3.06. The van der Waals surface area contributed by atoms with Crippen molar-refractivity contribution in [1.29, 1.82) is 0 Å². The molecule has 0 fully saturated rings. The Bertz CT molecular complexity index is 615. The molecule has 1 N–H and O–H groups in total. The Morgan fingerprint density at radius 3 is 2.52 bits per heavy atom. The second-order valence-corrected chi connectivity index (χ2v) is 5.31. The summed E-state index contributed by atoms with van der Waals surface area (Å²) in [7, 11) is 0. The van der Waals surface area contributed by atoms with Gasteiger partial charge in [0, 0.05) is 18.8 Å². The maximum Gasteiger partial charge on any atom is 0.435 e. The lowest BCUT2D eigenvalue weighted by molar-refractivity contribution is -0.141. The van der Waals surface area contributed by atoms with E-state index in [-0.39, 0.29) is 0 Å². The monoisotopic (exact) mass is 297 g/mol. The molecule has 0 aliphatic carbocycles. The number of hydrogen-bond donors (Lipinski definition) is 1. The quantitative estimate of drug-likeness (QED) is 0.932. The zero-order chi connectivity index (χ0) is 15.6. The third-order valence-electron chi connectivity index (χ3n) is 3.06. The van der Waals surface area contributed by atoms with E-state index in [1.807, 2.05) is 32.9 Å². The van der Waals surface area contributed by atoms with Crippen molar-refractivity contribution in [3.05, 3.63) is 47.3 Å². The number of aryl methyl sites for hydroxylation is 1. The lowest BCUT2D eigenvalue weighted by atomic mass is 10.1. The van der Waals surface area contributed by atoms with Crippen molar-refractivity contribution in [1.82, 2.24) is 15.1 Å². The summed E-state index contributed by atoms with van der Waals surface area (Å²) in [5.74, 6) is 0. The molecule has 21 heavy (non-hydrogen) atoms. The van der Waals surface area contributed by atoms with E-state index in [1.165, 1.54) is 10.9 Å². The molecule has 0 bridgehead atoms. The molecular formula is C15H18F3N3. The molecule has 0 saturated carbocycles. The van der Waals surface area contributed by atoms with Gasteiger partial charge in [-0.1, -0.05) is 31.5 Å². The van der Waals surface area contributed by atoms with Crippen LogP contribution in [0.2, 0.25) is 0 Å². The number of halogens is 3. The van der Waals surface area contributed by atoms with Gasteiger partial charge in [-0.15, -0.1) is 0 Å².